The molecule has 0 spiro atoms. The zero-order valence-corrected chi connectivity index (χ0v) is 13.3. The third-order valence-electron chi connectivity index (χ3n) is 4.64. The van der Waals surface area contributed by atoms with E-state index in [1.807, 2.05) is 0 Å². The Bertz CT molecular complexity index is 243. The summed E-state index contributed by atoms with van der Waals surface area (Å²) in [6.45, 7) is 11.4. The number of nitrogens with two attached hydrogens (primary N) is 1. The molecule has 0 aliphatic carbocycles. The standard InChI is InChI=1S/C16H34N2O/c1-12(2)10-15(17)16(11-19)18-8-5-6-14(7-9-18)13(3)4/h12-16,19H,5-11,17H2,1-4H3. The maximum atomic E-state index is 9.71. The lowest BCUT2D eigenvalue weighted by atomic mass is 9.89. The maximum absolute atomic E-state index is 9.71. The molecular weight excluding hydrogens is 236 g/mol. The van der Waals surface area contributed by atoms with E-state index >= 15 is 0 Å². The van der Waals surface area contributed by atoms with Gasteiger partial charge >= 0.3 is 0 Å². The SMILES string of the molecule is CC(C)CC(N)C(CO)N1CCCC(C(C)C)CC1. The Hall–Kier alpha value is -0.120. The van der Waals surface area contributed by atoms with E-state index in [-0.39, 0.29) is 18.7 Å². The van der Waals surface area contributed by atoms with Crippen LogP contribution < -0.4 is 5.73 Å². The summed E-state index contributed by atoms with van der Waals surface area (Å²) in [4.78, 5) is 2.44. The van der Waals surface area contributed by atoms with Crippen molar-refractivity contribution in [2.24, 2.45) is 23.5 Å². The smallest absolute Gasteiger partial charge is 0.0601 e. The molecule has 1 heterocycles. The van der Waals surface area contributed by atoms with Crippen molar-refractivity contribution in [3.05, 3.63) is 0 Å². The number of hydrogen-bond donors (Lipinski definition) is 2. The van der Waals surface area contributed by atoms with Crippen LogP contribution in [0.3, 0.4) is 0 Å². The molecule has 1 fully saturated rings. The summed E-state index contributed by atoms with van der Waals surface area (Å²) < 4.78 is 0. The highest BCUT2D eigenvalue weighted by Gasteiger charge is 2.28. The second-order valence-electron chi connectivity index (χ2n) is 7.01. The third-order valence-corrected chi connectivity index (χ3v) is 4.64. The Kier molecular flexibility index (Phi) is 7.33. The quantitative estimate of drug-likeness (QED) is 0.779. The average molecular weight is 270 g/mol. The molecule has 3 heteroatoms. The fourth-order valence-electron chi connectivity index (χ4n) is 3.37. The predicted octanol–water partition coefficient (Wildman–Crippen LogP) is 2.48. The number of rotatable bonds is 6. The van der Waals surface area contributed by atoms with Gasteiger partial charge in [0.2, 0.25) is 0 Å². The fraction of sp³-hybridized carbons (Fsp3) is 1.00. The molecule has 0 aromatic carbocycles. The Morgan fingerprint density at radius 2 is 1.84 bits per heavy atom. The highest BCUT2D eigenvalue weighted by atomic mass is 16.3. The summed E-state index contributed by atoms with van der Waals surface area (Å²) in [5, 5.41) is 9.71. The summed E-state index contributed by atoms with van der Waals surface area (Å²) in [6, 6.07) is 0.244. The lowest BCUT2D eigenvalue weighted by Gasteiger charge is -2.34. The molecule has 0 aromatic heterocycles. The molecule has 1 rings (SSSR count). The van der Waals surface area contributed by atoms with Gasteiger partial charge in [-0.2, -0.15) is 0 Å². The van der Waals surface area contributed by atoms with Crippen LogP contribution in [-0.4, -0.2) is 41.8 Å². The van der Waals surface area contributed by atoms with Crippen LogP contribution in [0.15, 0.2) is 0 Å². The van der Waals surface area contributed by atoms with Crippen LogP contribution in [-0.2, 0) is 0 Å². The van der Waals surface area contributed by atoms with E-state index in [1.165, 1.54) is 19.3 Å². The summed E-state index contributed by atoms with van der Waals surface area (Å²) in [7, 11) is 0. The number of nitrogens with zero attached hydrogens (tertiary/aromatic N) is 1. The average Bonchev–Trinajstić information content (AvgIpc) is 2.55. The molecular formula is C16H34N2O. The molecule has 3 nitrogen and oxygen atoms in total. The summed E-state index contributed by atoms with van der Waals surface area (Å²) in [5.41, 5.74) is 6.30. The maximum Gasteiger partial charge on any atom is 0.0601 e. The molecule has 19 heavy (non-hydrogen) atoms. The monoisotopic (exact) mass is 270 g/mol. The Balaban J connectivity index is 2.56. The van der Waals surface area contributed by atoms with Crippen molar-refractivity contribution in [3.63, 3.8) is 0 Å². The lowest BCUT2D eigenvalue weighted by molar-refractivity contribution is 0.0992. The van der Waals surface area contributed by atoms with E-state index in [0.29, 0.717) is 5.92 Å². The van der Waals surface area contributed by atoms with Crippen LogP contribution in [0.25, 0.3) is 0 Å². The van der Waals surface area contributed by atoms with Gasteiger partial charge in [0.1, 0.15) is 0 Å². The van der Waals surface area contributed by atoms with Crippen molar-refractivity contribution >= 4 is 0 Å². The first-order valence-electron chi connectivity index (χ1n) is 8.06. The number of likely N-dealkylation sites (tertiary alicyclic amines) is 1. The molecule has 0 radical (unpaired) electrons. The van der Waals surface area contributed by atoms with Crippen molar-refractivity contribution in [1.82, 2.24) is 4.90 Å². The minimum Gasteiger partial charge on any atom is -0.395 e. The van der Waals surface area contributed by atoms with Gasteiger partial charge in [-0.25, -0.2) is 0 Å². The topological polar surface area (TPSA) is 49.5 Å². The Labute approximate surface area is 119 Å². The molecule has 0 aromatic rings. The van der Waals surface area contributed by atoms with Crippen molar-refractivity contribution in [2.75, 3.05) is 19.7 Å². The minimum atomic E-state index is 0.0978. The van der Waals surface area contributed by atoms with Gasteiger partial charge in [-0.3, -0.25) is 4.90 Å². The molecule has 1 saturated heterocycles. The van der Waals surface area contributed by atoms with E-state index in [4.69, 9.17) is 5.73 Å². The van der Waals surface area contributed by atoms with Crippen LogP contribution in [0.4, 0.5) is 0 Å². The van der Waals surface area contributed by atoms with Crippen LogP contribution in [0.5, 0.6) is 0 Å². The van der Waals surface area contributed by atoms with Crippen molar-refractivity contribution in [3.8, 4) is 0 Å². The Morgan fingerprint density at radius 1 is 1.16 bits per heavy atom. The van der Waals surface area contributed by atoms with E-state index in [2.05, 4.69) is 32.6 Å². The van der Waals surface area contributed by atoms with Crippen LogP contribution in [0, 0.1) is 17.8 Å². The number of aliphatic hydroxyl groups is 1. The van der Waals surface area contributed by atoms with Crippen LogP contribution in [0.1, 0.15) is 53.4 Å². The zero-order chi connectivity index (χ0) is 14.4. The first kappa shape index (κ1) is 16.9. The lowest BCUT2D eigenvalue weighted by Crippen LogP contribution is -2.51. The van der Waals surface area contributed by atoms with Crippen LogP contribution in [0.2, 0.25) is 0 Å². The van der Waals surface area contributed by atoms with Gasteiger partial charge in [0.15, 0.2) is 0 Å². The van der Waals surface area contributed by atoms with Crippen molar-refractivity contribution in [1.29, 1.82) is 0 Å². The largest absolute Gasteiger partial charge is 0.395 e. The molecule has 3 atom stereocenters. The predicted molar refractivity (Wildman–Crippen MR) is 82.1 cm³/mol. The van der Waals surface area contributed by atoms with Gasteiger partial charge in [-0.05, 0) is 56.5 Å². The molecule has 3 N–H and O–H groups in total. The number of hydrogen-bond acceptors (Lipinski definition) is 3. The van der Waals surface area contributed by atoms with E-state index in [1.54, 1.807) is 0 Å². The molecule has 0 bridgehead atoms. The molecule has 114 valence electrons. The number of aliphatic hydroxyl groups excluding tert-OH is 1. The van der Waals surface area contributed by atoms with E-state index in [0.717, 1.165) is 31.3 Å². The highest BCUT2D eigenvalue weighted by Crippen LogP contribution is 2.26. The summed E-state index contributed by atoms with van der Waals surface area (Å²) >= 11 is 0. The normalized spacial score (nSPS) is 25.6. The first-order chi connectivity index (χ1) is 8.95. The second kappa shape index (κ2) is 8.23. The van der Waals surface area contributed by atoms with Gasteiger partial charge in [0, 0.05) is 12.1 Å². The summed E-state index contributed by atoms with van der Waals surface area (Å²) in [5.74, 6) is 2.21. The van der Waals surface area contributed by atoms with Crippen molar-refractivity contribution < 1.29 is 5.11 Å². The Morgan fingerprint density at radius 3 is 2.37 bits per heavy atom. The van der Waals surface area contributed by atoms with Crippen molar-refractivity contribution in [2.45, 2.75) is 65.5 Å². The molecule has 0 amide bonds. The van der Waals surface area contributed by atoms with Gasteiger partial charge in [0.05, 0.1) is 6.61 Å². The van der Waals surface area contributed by atoms with Crippen LogP contribution >= 0.6 is 0 Å². The summed E-state index contributed by atoms with van der Waals surface area (Å²) in [6.07, 6.45) is 4.82. The molecule has 0 saturated carbocycles. The van der Waals surface area contributed by atoms with Gasteiger partial charge in [-0.1, -0.05) is 27.7 Å². The highest BCUT2D eigenvalue weighted by molar-refractivity contribution is 4.85. The van der Waals surface area contributed by atoms with Gasteiger partial charge < -0.3 is 10.8 Å². The van der Waals surface area contributed by atoms with E-state index in [9.17, 15) is 5.11 Å². The molecule has 1 aliphatic heterocycles. The minimum absolute atomic E-state index is 0.0978. The second-order valence-corrected chi connectivity index (χ2v) is 7.01. The molecule has 1 aliphatic rings. The van der Waals surface area contributed by atoms with Gasteiger partial charge in [0.25, 0.3) is 0 Å². The zero-order valence-electron chi connectivity index (χ0n) is 13.3. The van der Waals surface area contributed by atoms with Gasteiger partial charge in [-0.15, -0.1) is 0 Å². The van der Waals surface area contributed by atoms with E-state index < -0.39 is 0 Å². The fourth-order valence-corrected chi connectivity index (χ4v) is 3.37. The third kappa shape index (κ3) is 5.41. The molecule has 3 unspecified atom stereocenters. The first-order valence-corrected chi connectivity index (χ1v) is 8.06.